The van der Waals surface area contributed by atoms with Gasteiger partial charge in [-0.3, -0.25) is 4.79 Å². The zero-order valence-electron chi connectivity index (χ0n) is 13.7. The van der Waals surface area contributed by atoms with E-state index in [4.69, 9.17) is 4.74 Å². The Morgan fingerprint density at radius 2 is 1.60 bits per heavy atom. The maximum absolute atomic E-state index is 13.5. The quantitative estimate of drug-likeness (QED) is 0.710. The van der Waals surface area contributed by atoms with Gasteiger partial charge in [0.2, 0.25) is 5.60 Å². The Labute approximate surface area is 146 Å². The Bertz CT molecular complexity index is 940. The Balaban J connectivity index is 1.60. The van der Waals surface area contributed by atoms with Crippen LogP contribution in [0, 0.1) is 0 Å². The molecule has 2 heterocycles. The minimum atomic E-state index is -0.922. The molecule has 0 saturated carbocycles. The number of ether oxygens (including phenoxy) is 1. The number of rotatable bonds is 2. The lowest BCUT2D eigenvalue weighted by Crippen LogP contribution is -2.43. The van der Waals surface area contributed by atoms with Crippen molar-refractivity contribution in [1.29, 1.82) is 0 Å². The molecule has 5 rings (SSSR count). The number of nitrogens with zero attached hydrogens (tertiary/aromatic N) is 1. The molecule has 122 valence electrons. The van der Waals surface area contributed by atoms with E-state index in [1.807, 2.05) is 83.8 Å². The van der Waals surface area contributed by atoms with Crippen molar-refractivity contribution in [2.24, 2.45) is 0 Å². The van der Waals surface area contributed by atoms with Gasteiger partial charge in [-0.1, -0.05) is 66.7 Å². The highest BCUT2D eigenvalue weighted by atomic mass is 16.5. The van der Waals surface area contributed by atoms with Gasteiger partial charge in [0.15, 0.2) is 0 Å². The van der Waals surface area contributed by atoms with Crippen LogP contribution >= 0.6 is 0 Å². The lowest BCUT2D eigenvalue weighted by molar-refractivity contribution is -0.132. The van der Waals surface area contributed by atoms with Crippen molar-refractivity contribution in [3.05, 3.63) is 95.6 Å². The van der Waals surface area contributed by atoms with Gasteiger partial charge in [0.1, 0.15) is 5.75 Å². The van der Waals surface area contributed by atoms with Crippen LogP contribution in [-0.4, -0.2) is 5.91 Å². The van der Waals surface area contributed by atoms with Crippen LogP contribution < -0.4 is 9.64 Å². The second-order valence-corrected chi connectivity index (χ2v) is 6.61. The Kier molecular flexibility index (Phi) is 2.98. The summed E-state index contributed by atoms with van der Waals surface area (Å²) in [6.07, 6.45) is 0.588. The first kappa shape index (κ1) is 14.3. The number of carbonyl (C=O) groups excluding carboxylic acids is 1. The van der Waals surface area contributed by atoms with E-state index in [1.165, 1.54) is 0 Å². The van der Waals surface area contributed by atoms with Gasteiger partial charge in [-0.2, -0.15) is 0 Å². The third kappa shape index (κ3) is 2.02. The van der Waals surface area contributed by atoms with E-state index in [1.54, 1.807) is 0 Å². The van der Waals surface area contributed by atoms with Gasteiger partial charge in [0, 0.05) is 12.0 Å². The molecule has 3 heteroatoms. The van der Waals surface area contributed by atoms with Crippen molar-refractivity contribution in [3.63, 3.8) is 0 Å². The maximum Gasteiger partial charge on any atom is 0.276 e. The molecule has 3 aromatic carbocycles. The van der Waals surface area contributed by atoms with Crippen LogP contribution in [0.3, 0.4) is 0 Å². The van der Waals surface area contributed by atoms with Crippen LogP contribution in [-0.2, 0) is 23.4 Å². The third-order valence-electron chi connectivity index (χ3n) is 5.10. The minimum Gasteiger partial charge on any atom is -0.472 e. The van der Waals surface area contributed by atoms with Crippen molar-refractivity contribution in [3.8, 4) is 5.75 Å². The summed E-state index contributed by atoms with van der Waals surface area (Å²) in [6, 6.07) is 26.0. The SMILES string of the molecule is O=C1N(Cc2ccccc2)c2ccccc2C12Cc1ccccc1O2. The number of amides is 1. The molecule has 1 spiro atoms. The van der Waals surface area contributed by atoms with Crippen LogP contribution in [0.5, 0.6) is 5.75 Å². The van der Waals surface area contributed by atoms with Crippen molar-refractivity contribution in [2.75, 3.05) is 4.90 Å². The van der Waals surface area contributed by atoms with Gasteiger partial charge >= 0.3 is 0 Å². The topological polar surface area (TPSA) is 29.5 Å². The van der Waals surface area contributed by atoms with Gasteiger partial charge in [-0.25, -0.2) is 0 Å². The molecule has 1 unspecified atom stereocenters. The lowest BCUT2D eigenvalue weighted by atomic mass is 9.90. The fourth-order valence-electron chi connectivity index (χ4n) is 3.93. The summed E-state index contributed by atoms with van der Waals surface area (Å²) in [7, 11) is 0. The number of anilines is 1. The zero-order valence-corrected chi connectivity index (χ0v) is 13.7. The van der Waals surface area contributed by atoms with Crippen LogP contribution in [0.15, 0.2) is 78.9 Å². The molecule has 1 amide bonds. The molecule has 25 heavy (non-hydrogen) atoms. The highest BCUT2D eigenvalue weighted by Crippen LogP contribution is 2.50. The summed E-state index contributed by atoms with van der Waals surface area (Å²) in [5, 5.41) is 0. The molecule has 0 aromatic heterocycles. The maximum atomic E-state index is 13.5. The molecule has 0 saturated heterocycles. The molecule has 2 aliphatic rings. The second kappa shape index (κ2) is 5.21. The molecule has 3 aromatic rings. The molecule has 1 atom stereocenters. The number of para-hydroxylation sites is 2. The molecule has 0 bridgehead atoms. The van der Waals surface area contributed by atoms with Crippen molar-refractivity contribution < 1.29 is 9.53 Å². The summed E-state index contributed by atoms with van der Waals surface area (Å²) < 4.78 is 6.27. The van der Waals surface area contributed by atoms with Crippen molar-refractivity contribution in [1.82, 2.24) is 0 Å². The zero-order chi connectivity index (χ0) is 16.9. The molecular formula is C22H17NO2. The van der Waals surface area contributed by atoms with E-state index >= 15 is 0 Å². The molecule has 3 nitrogen and oxygen atoms in total. The van der Waals surface area contributed by atoms with Gasteiger partial charge in [0.05, 0.1) is 12.2 Å². The number of hydrogen-bond acceptors (Lipinski definition) is 2. The fourth-order valence-corrected chi connectivity index (χ4v) is 3.93. The number of carbonyl (C=O) groups is 1. The largest absolute Gasteiger partial charge is 0.472 e. The summed E-state index contributed by atoms with van der Waals surface area (Å²) in [4.78, 5) is 15.3. The first-order chi connectivity index (χ1) is 12.3. The molecule has 0 fully saturated rings. The van der Waals surface area contributed by atoms with Gasteiger partial charge in [-0.05, 0) is 23.3 Å². The highest BCUT2D eigenvalue weighted by molar-refractivity contribution is 6.07. The first-order valence-corrected chi connectivity index (χ1v) is 8.50. The van der Waals surface area contributed by atoms with Gasteiger partial charge in [0.25, 0.3) is 5.91 Å². The summed E-state index contributed by atoms with van der Waals surface area (Å²) in [6.45, 7) is 0.554. The summed E-state index contributed by atoms with van der Waals surface area (Å²) in [5.74, 6) is 0.834. The van der Waals surface area contributed by atoms with Gasteiger partial charge < -0.3 is 9.64 Å². The van der Waals surface area contributed by atoms with E-state index in [9.17, 15) is 4.79 Å². The molecular weight excluding hydrogens is 310 g/mol. The summed E-state index contributed by atoms with van der Waals surface area (Å²) >= 11 is 0. The minimum absolute atomic E-state index is 0.0220. The first-order valence-electron chi connectivity index (χ1n) is 8.50. The fraction of sp³-hybridized carbons (Fsp3) is 0.136. The molecule has 0 N–H and O–H groups in total. The van der Waals surface area contributed by atoms with E-state index in [0.29, 0.717) is 13.0 Å². The van der Waals surface area contributed by atoms with E-state index in [0.717, 1.165) is 28.1 Å². The summed E-state index contributed by atoms with van der Waals surface area (Å²) in [5.41, 5.74) is 3.19. The Hall–Kier alpha value is -3.07. The number of fused-ring (bicyclic) bond motifs is 3. The van der Waals surface area contributed by atoms with Crippen molar-refractivity contribution in [2.45, 2.75) is 18.6 Å². The predicted molar refractivity (Wildman–Crippen MR) is 96.5 cm³/mol. The average Bonchev–Trinajstić information content (AvgIpc) is 3.15. The normalized spacial score (nSPS) is 20.5. The van der Waals surface area contributed by atoms with E-state index in [-0.39, 0.29) is 5.91 Å². The molecule has 0 radical (unpaired) electrons. The lowest BCUT2D eigenvalue weighted by Gasteiger charge is -2.23. The Morgan fingerprint density at radius 3 is 2.44 bits per heavy atom. The molecule has 0 aliphatic carbocycles. The monoisotopic (exact) mass is 327 g/mol. The Morgan fingerprint density at radius 1 is 0.880 bits per heavy atom. The third-order valence-corrected chi connectivity index (χ3v) is 5.10. The van der Waals surface area contributed by atoms with Crippen LogP contribution in [0.25, 0.3) is 0 Å². The van der Waals surface area contributed by atoms with E-state index < -0.39 is 5.60 Å². The smallest absolute Gasteiger partial charge is 0.276 e. The number of hydrogen-bond donors (Lipinski definition) is 0. The highest BCUT2D eigenvalue weighted by Gasteiger charge is 2.56. The standard InChI is InChI=1S/C22H17NO2/c24-21-22(14-17-10-4-7-13-20(17)25-22)18-11-5-6-12-19(18)23(21)15-16-8-2-1-3-9-16/h1-13H,14-15H2. The van der Waals surface area contributed by atoms with Crippen molar-refractivity contribution >= 4 is 11.6 Å². The van der Waals surface area contributed by atoms with Crippen LogP contribution in [0.2, 0.25) is 0 Å². The van der Waals surface area contributed by atoms with Crippen LogP contribution in [0.1, 0.15) is 16.7 Å². The van der Waals surface area contributed by atoms with E-state index in [2.05, 4.69) is 0 Å². The average molecular weight is 327 g/mol. The van der Waals surface area contributed by atoms with Gasteiger partial charge in [-0.15, -0.1) is 0 Å². The van der Waals surface area contributed by atoms with Crippen LogP contribution in [0.4, 0.5) is 5.69 Å². The molecule has 2 aliphatic heterocycles. The predicted octanol–water partition coefficient (Wildman–Crippen LogP) is 4.06. The number of benzene rings is 3. The second-order valence-electron chi connectivity index (χ2n) is 6.61.